The molecule has 4 aromatic rings. The van der Waals surface area contributed by atoms with Gasteiger partial charge in [0.25, 0.3) is 0 Å². The second-order valence-corrected chi connectivity index (χ2v) is 6.05. The summed E-state index contributed by atoms with van der Waals surface area (Å²) in [5, 5.41) is 13.8. The SMILES string of the molecule is N#Cc1cccc(Nc2nc(-c3cccnc3)nc3cc(Cl)ccc23)c1. The molecule has 0 aliphatic carbocycles. The summed E-state index contributed by atoms with van der Waals surface area (Å²) in [4.78, 5) is 13.4. The number of nitrogens with zero attached hydrogens (tertiary/aromatic N) is 4. The van der Waals surface area contributed by atoms with Crippen molar-refractivity contribution in [1.82, 2.24) is 15.0 Å². The lowest BCUT2D eigenvalue weighted by Crippen LogP contribution is -2.00. The maximum absolute atomic E-state index is 9.10. The Morgan fingerprint density at radius 3 is 2.73 bits per heavy atom. The summed E-state index contributed by atoms with van der Waals surface area (Å²) in [5.41, 5.74) is 2.88. The Balaban J connectivity index is 1.88. The maximum Gasteiger partial charge on any atom is 0.163 e. The highest BCUT2D eigenvalue weighted by molar-refractivity contribution is 6.31. The van der Waals surface area contributed by atoms with E-state index in [2.05, 4.69) is 26.3 Å². The molecule has 5 nitrogen and oxygen atoms in total. The predicted molar refractivity (Wildman–Crippen MR) is 102 cm³/mol. The smallest absolute Gasteiger partial charge is 0.163 e. The van der Waals surface area contributed by atoms with Crippen molar-refractivity contribution in [3.8, 4) is 17.5 Å². The standard InChI is InChI=1S/C20H12ClN5/c21-15-6-7-17-18(10-15)25-19(14-4-2-8-23-12-14)26-20(17)24-16-5-1-3-13(9-16)11-22/h1-10,12H,(H,24,25,26). The molecule has 0 atom stereocenters. The minimum Gasteiger partial charge on any atom is -0.340 e. The van der Waals surface area contributed by atoms with Gasteiger partial charge in [-0.2, -0.15) is 5.26 Å². The Kier molecular flexibility index (Phi) is 4.18. The fraction of sp³-hybridized carbons (Fsp3) is 0. The Hall–Kier alpha value is -3.49. The van der Waals surface area contributed by atoms with E-state index in [1.165, 1.54) is 0 Å². The quantitative estimate of drug-likeness (QED) is 0.560. The van der Waals surface area contributed by atoms with E-state index in [0.717, 1.165) is 22.2 Å². The summed E-state index contributed by atoms with van der Waals surface area (Å²) in [5.74, 6) is 1.19. The van der Waals surface area contributed by atoms with E-state index in [9.17, 15) is 0 Å². The molecule has 26 heavy (non-hydrogen) atoms. The first-order chi connectivity index (χ1) is 12.7. The highest BCUT2D eigenvalue weighted by Gasteiger charge is 2.11. The van der Waals surface area contributed by atoms with Crippen LogP contribution in [-0.4, -0.2) is 15.0 Å². The summed E-state index contributed by atoms with van der Waals surface area (Å²) in [6.07, 6.45) is 3.42. The highest BCUT2D eigenvalue weighted by atomic mass is 35.5. The van der Waals surface area contributed by atoms with Crippen LogP contribution in [0, 0.1) is 11.3 Å². The average molecular weight is 358 g/mol. The zero-order valence-electron chi connectivity index (χ0n) is 13.5. The van der Waals surface area contributed by atoms with Crippen molar-refractivity contribution in [2.75, 3.05) is 5.32 Å². The lowest BCUT2D eigenvalue weighted by molar-refractivity contribution is 1.20. The number of nitrogens with one attached hydrogen (secondary N) is 1. The monoisotopic (exact) mass is 357 g/mol. The van der Waals surface area contributed by atoms with Crippen LogP contribution >= 0.6 is 11.6 Å². The summed E-state index contributed by atoms with van der Waals surface area (Å²) >= 11 is 6.14. The van der Waals surface area contributed by atoms with Crippen molar-refractivity contribution >= 4 is 34.0 Å². The molecule has 0 saturated heterocycles. The lowest BCUT2D eigenvalue weighted by Gasteiger charge is -2.11. The first-order valence-corrected chi connectivity index (χ1v) is 8.25. The Bertz CT molecular complexity index is 1140. The molecule has 0 aliphatic rings. The zero-order chi connectivity index (χ0) is 17.9. The van der Waals surface area contributed by atoms with Gasteiger partial charge in [-0.25, -0.2) is 9.97 Å². The molecule has 0 spiro atoms. The molecule has 2 heterocycles. The van der Waals surface area contributed by atoms with E-state index < -0.39 is 0 Å². The molecule has 124 valence electrons. The van der Waals surface area contributed by atoms with Crippen molar-refractivity contribution in [2.45, 2.75) is 0 Å². The van der Waals surface area contributed by atoms with Crippen LogP contribution in [0.1, 0.15) is 5.56 Å². The van der Waals surface area contributed by atoms with Gasteiger partial charge in [-0.3, -0.25) is 4.98 Å². The fourth-order valence-corrected chi connectivity index (χ4v) is 2.79. The third kappa shape index (κ3) is 3.18. The molecule has 0 radical (unpaired) electrons. The number of benzene rings is 2. The van der Waals surface area contributed by atoms with E-state index in [-0.39, 0.29) is 0 Å². The minimum atomic E-state index is 0.548. The molecule has 0 saturated carbocycles. The zero-order valence-corrected chi connectivity index (χ0v) is 14.3. The fourth-order valence-electron chi connectivity index (χ4n) is 2.63. The van der Waals surface area contributed by atoms with Crippen molar-refractivity contribution < 1.29 is 0 Å². The van der Waals surface area contributed by atoms with Crippen molar-refractivity contribution in [3.05, 3.63) is 77.6 Å². The van der Waals surface area contributed by atoms with Gasteiger partial charge in [0, 0.05) is 34.1 Å². The summed E-state index contributed by atoms with van der Waals surface area (Å²) < 4.78 is 0. The summed E-state index contributed by atoms with van der Waals surface area (Å²) in [6.45, 7) is 0. The largest absolute Gasteiger partial charge is 0.340 e. The van der Waals surface area contributed by atoms with Crippen molar-refractivity contribution in [3.63, 3.8) is 0 Å². The molecule has 0 amide bonds. The lowest BCUT2D eigenvalue weighted by atomic mass is 10.2. The maximum atomic E-state index is 9.10. The first-order valence-electron chi connectivity index (χ1n) is 7.88. The molecular weight excluding hydrogens is 346 g/mol. The van der Waals surface area contributed by atoms with Crippen LogP contribution in [0.25, 0.3) is 22.3 Å². The molecule has 0 unspecified atom stereocenters. The van der Waals surface area contributed by atoms with Gasteiger partial charge in [-0.15, -0.1) is 0 Å². The molecule has 2 aromatic heterocycles. The van der Waals surface area contributed by atoms with Crippen LogP contribution in [0.15, 0.2) is 67.0 Å². The number of fused-ring (bicyclic) bond motifs is 1. The number of hydrogen-bond acceptors (Lipinski definition) is 5. The normalized spacial score (nSPS) is 10.5. The third-order valence-corrected chi connectivity index (χ3v) is 4.07. The van der Waals surface area contributed by atoms with E-state index >= 15 is 0 Å². The van der Waals surface area contributed by atoms with Gasteiger partial charge >= 0.3 is 0 Å². The Morgan fingerprint density at radius 1 is 1.00 bits per heavy atom. The van der Waals surface area contributed by atoms with Crippen LogP contribution in [0.5, 0.6) is 0 Å². The van der Waals surface area contributed by atoms with Gasteiger partial charge in [-0.05, 0) is 48.5 Å². The topological polar surface area (TPSA) is 74.5 Å². The van der Waals surface area contributed by atoms with Gasteiger partial charge in [-0.1, -0.05) is 17.7 Å². The number of halogens is 1. The first kappa shape index (κ1) is 16.0. The van der Waals surface area contributed by atoms with Crippen molar-refractivity contribution in [2.24, 2.45) is 0 Å². The van der Waals surface area contributed by atoms with Crippen LogP contribution in [0.3, 0.4) is 0 Å². The van der Waals surface area contributed by atoms with E-state index in [4.69, 9.17) is 16.9 Å². The Labute approximate surface area is 154 Å². The Morgan fingerprint density at radius 2 is 1.92 bits per heavy atom. The number of rotatable bonds is 3. The van der Waals surface area contributed by atoms with Crippen LogP contribution < -0.4 is 5.32 Å². The molecule has 4 rings (SSSR count). The highest BCUT2D eigenvalue weighted by Crippen LogP contribution is 2.29. The molecule has 6 heteroatoms. The van der Waals surface area contributed by atoms with Crippen LogP contribution in [0.2, 0.25) is 5.02 Å². The minimum absolute atomic E-state index is 0.548. The predicted octanol–water partition coefficient (Wildman–Crippen LogP) is 4.96. The number of hydrogen-bond donors (Lipinski definition) is 1. The molecule has 0 aliphatic heterocycles. The second kappa shape index (κ2) is 6.79. The molecule has 1 N–H and O–H groups in total. The van der Waals surface area contributed by atoms with Gasteiger partial charge < -0.3 is 5.32 Å². The molecule has 0 fully saturated rings. The van der Waals surface area contributed by atoms with Gasteiger partial charge in [0.1, 0.15) is 5.82 Å². The molecular formula is C20H12ClN5. The number of nitriles is 1. The van der Waals surface area contributed by atoms with Gasteiger partial charge in [0.15, 0.2) is 5.82 Å². The number of pyridine rings is 1. The number of aromatic nitrogens is 3. The van der Waals surface area contributed by atoms with Crippen LogP contribution in [0.4, 0.5) is 11.5 Å². The molecule has 0 bridgehead atoms. The van der Waals surface area contributed by atoms with Crippen LogP contribution in [-0.2, 0) is 0 Å². The van der Waals surface area contributed by atoms with E-state index in [0.29, 0.717) is 22.2 Å². The summed E-state index contributed by atoms with van der Waals surface area (Å²) in [6, 6.07) is 18.6. The van der Waals surface area contributed by atoms with E-state index in [1.54, 1.807) is 36.7 Å². The number of anilines is 2. The third-order valence-electron chi connectivity index (χ3n) is 3.83. The van der Waals surface area contributed by atoms with Crippen molar-refractivity contribution in [1.29, 1.82) is 5.26 Å². The van der Waals surface area contributed by atoms with Gasteiger partial charge in [0.2, 0.25) is 0 Å². The average Bonchev–Trinajstić information content (AvgIpc) is 2.68. The van der Waals surface area contributed by atoms with E-state index in [1.807, 2.05) is 30.3 Å². The summed E-state index contributed by atoms with van der Waals surface area (Å²) in [7, 11) is 0. The van der Waals surface area contributed by atoms with Gasteiger partial charge in [0.05, 0.1) is 17.1 Å². The second-order valence-electron chi connectivity index (χ2n) is 5.62. The molecule has 2 aromatic carbocycles.